The van der Waals surface area contributed by atoms with E-state index in [0.29, 0.717) is 5.56 Å². The van der Waals surface area contributed by atoms with Gasteiger partial charge in [0, 0.05) is 25.8 Å². The molecule has 1 aromatic carbocycles. The number of benzene rings is 1. The van der Waals surface area contributed by atoms with Crippen LogP contribution in [0.3, 0.4) is 0 Å². The van der Waals surface area contributed by atoms with Crippen LogP contribution in [0.25, 0.3) is 0 Å². The van der Waals surface area contributed by atoms with Gasteiger partial charge in [-0.1, -0.05) is 37.3 Å². The maximum Gasteiger partial charge on any atom is 0.270 e. The number of ketones is 1. The van der Waals surface area contributed by atoms with E-state index < -0.39 is 13.0 Å². The molecule has 4 nitrogen and oxygen atoms in total. The second kappa shape index (κ2) is 6.13. The minimum absolute atomic E-state index is 0.0445. The number of nitro groups is 1. The molecular formula is C15H21NO3Si. The number of allylic oxidation sites excluding steroid dienone is 2. The van der Waals surface area contributed by atoms with Gasteiger partial charge in [-0.05, 0) is 25.5 Å². The van der Waals surface area contributed by atoms with Crippen LogP contribution in [0.4, 0.5) is 5.69 Å². The molecule has 0 spiro atoms. The van der Waals surface area contributed by atoms with Gasteiger partial charge in [-0.3, -0.25) is 14.9 Å². The Morgan fingerprint density at radius 2 is 1.85 bits per heavy atom. The van der Waals surface area contributed by atoms with Gasteiger partial charge in [0.2, 0.25) is 0 Å². The summed E-state index contributed by atoms with van der Waals surface area (Å²) in [5.74, 6) is -0.0869. The third-order valence-electron chi connectivity index (χ3n) is 2.90. The highest BCUT2D eigenvalue weighted by Gasteiger charge is 2.23. The molecule has 0 aliphatic heterocycles. The molecule has 0 aliphatic rings. The standard InChI is InChI=1S/C15H21NO3Si/c1-11(2)14(10-20(3,4)5)15(17)12-7-6-8-13(9-12)16(18)19/h6-9H,10H2,1-5H3. The van der Waals surface area contributed by atoms with E-state index in [9.17, 15) is 14.9 Å². The number of nitro benzene ring substituents is 1. The fourth-order valence-electron chi connectivity index (χ4n) is 1.95. The molecule has 108 valence electrons. The summed E-state index contributed by atoms with van der Waals surface area (Å²) < 4.78 is 0. The first-order valence-corrected chi connectivity index (χ1v) is 10.3. The zero-order valence-electron chi connectivity index (χ0n) is 12.7. The van der Waals surface area contributed by atoms with Crippen molar-refractivity contribution in [3.8, 4) is 0 Å². The van der Waals surface area contributed by atoms with E-state index in [4.69, 9.17) is 0 Å². The quantitative estimate of drug-likeness (QED) is 0.265. The summed E-state index contributed by atoms with van der Waals surface area (Å²) in [4.78, 5) is 22.9. The van der Waals surface area contributed by atoms with Gasteiger partial charge >= 0.3 is 0 Å². The van der Waals surface area contributed by atoms with Crippen molar-refractivity contribution >= 4 is 19.5 Å². The molecule has 0 saturated heterocycles. The van der Waals surface area contributed by atoms with Gasteiger partial charge in [-0.2, -0.15) is 0 Å². The van der Waals surface area contributed by atoms with Crippen LogP contribution in [-0.2, 0) is 0 Å². The van der Waals surface area contributed by atoms with E-state index in [1.165, 1.54) is 12.1 Å². The average molecular weight is 291 g/mol. The summed E-state index contributed by atoms with van der Waals surface area (Å²) in [5, 5.41) is 10.8. The Morgan fingerprint density at radius 3 is 2.30 bits per heavy atom. The van der Waals surface area contributed by atoms with Crippen molar-refractivity contribution < 1.29 is 9.72 Å². The Balaban J connectivity index is 3.18. The number of hydrogen-bond donors (Lipinski definition) is 0. The molecule has 0 radical (unpaired) electrons. The molecule has 0 aliphatic carbocycles. The summed E-state index contributed by atoms with van der Waals surface area (Å²) in [6, 6.07) is 6.74. The lowest BCUT2D eigenvalue weighted by molar-refractivity contribution is -0.384. The number of Topliss-reactive ketones (excluding diaryl/α,β-unsaturated/α-hetero) is 1. The molecule has 0 N–H and O–H groups in total. The highest BCUT2D eigenvalue weighted by atomic mass is 28.3. The first kappa shape index (κ1) is 16.3. The molecular weight excluding hydrogens is 270 g/mol. The Kier molecular flexibility index (Phi) is 5.00. The first-order chi connectivity index (χ1) is 9.11. The summed E-state index contributed by atoms with van der Waals surface area (Å²) in [5.41, 5.74) is 2.14. The lowest BCUT2D eigenvalue weighted by Crippen LogP contribution is -2.23. The van der Waals surface area contributed by atoms with E-state index >= 15 is 0 Å². The van der Waals surface area contributed by atoms with Gasteiger partial charge in [0.15, 0.2) is 5.78 Å². The Bertz CT molecular complexity index is 567. The van der Waals surface area contributed by atoms with Gasteiger partial charge < -0.3 is 0 Å². The molecule has 0 bridgehead atoms. The lowest BCUT2D eigenvalue weighted by Gasteiger charge is -2.19. The largest absolute Gasteiger partial charge is 0.289 e. The molecule has 1 rings (SSSR count). The van der Waals surface area contributed by atoms with E-state index in [1.54, 1.807) is 12.1 Å². The van der Waals surface area contributed by atoms with Gasteiger partial charge in [0.05, 0.1) is 4.92 Å². The molecule has 0 heterocycles. The molecule has 1 aromatic rings. The third kappa shape index (κ3) is 4.42. The molecule has 5 heteroatoms. The SMILES string of the molecule is CC(C)=C(C[Si](C)(C)C)C(=O)c1cccc([N+](=O)[O-])c1. The Hall–Kier alpha value is -1.75. The second-order valence-electron chi connectivity index (χ2n) is 6.35. The summed E-state index contributed by atoms with van der Waals surface area (Å²) in [6.07, 6.45) is 0. The number of nitrogens with zero attached hydrogens (tertiary/aromatic N) is 1. The lowest BCUT2D eigenvalue weighted by atomic mass is 10.0. The minimum atomic E-state index is -1.43. The Morgan fingerprint density at radius 1 is 1.25 bits per heavy atom. The average Bonchev–Trinajstić information content (AvgIpc) is 2.34. The molecule has 0 unspecified atom stereocenters. The number of carbonyl (C=O) groups excluding carboxylic acids is 1. The minimum Gasteiger partial charge on any atom is -0.289 e. The predicted octanol–water partition coefficient (Wildman–Crippen LogP) is 4.45. The fourth-order valence-corrected chi connectivity index (χ4v) is 3.52. The molecule has 0 saturated carbocycles. The third-order valence-corrected chi connectivity index (χ3v) is 4.32. The van der Waals surface area contributed by atoms with E-state index in [2.05, 4.69) is 19.6 Å². The number of carbonyl (C=O) groups is 1. The molecule has 0 fully saturated rings. The molecule has 0 amide bonds. The first-order valence-electron chi connectivity index (χ1n) is 6.57. The monoisotopic (exact) mass is 291 g/mol. The second-order valence-corrected chi connectivity index (χ2v) is 11.8. The zero-order valence-corrected chi connectivity index (χ0v) is 13.7. The van der Waals surface area contributed by atoms with E-state index in [0.717, 1.165) is 17.2 Å². The van der Waals surface area contributed by atoms with E-state index in [1.807, 2.05) is 13.8 Å². The van der Waals surface area contributed by atoms with Crippen LogP contribution in [0.1, 0.15) is 24.2 Å². The molecule has 0 atom stereocenters. The van der Waals surface area contributed by atoms with Crippen molar-refractivity contribution in [2.75, 3.05) is 0 Å². The Labute approximate surface area is 120 Å². The van der Waals surface area contributed by atoms with Crippen LogP contribution >= 0.6 is 0 Å². The smallest absolute Gasteiger partial charge is 0.270 e. The van der Waals surface area contributed by atoms with Crippen molar-refractivity contribution in [2.24, 2.45) is 0 Å². The number of rotatable bonds is 5. The van der Waals surface area contributed by atoms with Crippen LogP contribution in [0.5, 0.6) is 0 Å². The van der Waals surface area contributed by atoms with Crippen LogP contribution < -0.4 is 0 Å². The number of non-ortho nitro benzene ring substituents is 1. The fraction of sp³-hybridized carbons (Fsp3) is 0.400. The van der Waals surface area contributed by atoms with Gasteiger partial charge in [-0.15, -0.1) is 0 Å². The summed E-state index contributed by atoms with van der Waals surface area (Å²) in [6.45, 7) is 10.5. The van der Waals surface area contributed by atoms with Crippen molar-refractivity contribution in [2.45, 2.75) is 39.5 Å². The van der Waals surface area contributed by atoms with Crippen LogP contribution in [-0.4, -0.2) is 18.8 Å². The van der Waals surface area contributed by atoms with Gasteiger partial charge in [-0.25, -0.2) is 0 Å². The zero-order chi connectivity index (χ0) is 15.5. The number of hydrogen-bond acceptors (Lipinski definition) is 3. The van der Waals surface area contributed by atoms with Crippen molar-refractivity contribution in [1.29, 1.82) is 0 Å². The highest BCUT2D eigenvalue weighted by Crippen LogP contribution is 2.24. The summed E-state index contributed by atoms with van der Waals surface area (Å²) >= 11 is 0. The summed E-state index contributed by atoms with van der Waals surface area (Å²) in [7, 11) is -1.43. The molecule has 20 heavy (non-hydrogen) atoms. The predicted molar refractivity (Wildman–Crippen MR) is 84.0 cm³/mol. The van der Waals surface area contributed by atoms with Crippen molar-refractivity contribution in [3.05, 3.63) is 51.1 Å². The van der Waals surface area contributed by atoms with Crippen LogP contribution in [0.2, 0.25) is 25.7 Å². The van der Waals surface area contributed by atoms with E-state index in [-0.39, 0.29) is 11.5 Å². The van der Waals surface area contributed by atoms with Crippen LogP contribution in [0.15, 0.2) is 35.4 Å². The topological polar surface area (TPSA) is 60.2 Å². The van der Waals surface area contributed by atoms with Crippen LogP contribution in [0, 0.1) is 10.1 Å². The maximum absolute atomic E-state index is 12.6. The van der Waals surface area contributed by atoms with Gasteiger partial charge in [0.1, 0.15) is 0 Å². The maximum atomic E-state index is 12.6. The molecule has 0 aromatic heterocycles. The van der Waals surface area contributed by atoms with Crippen molar-refractivity contribution in [1.82, 2.24) is 0 Å². The van der Waals surface area contributed by atoms with Crippen molar-refractivity contribution in [3.63, 3.8) is 0 Å². The highest BCUT2D eigenvalue weighted by molar-refractivity contribution is 6.77. The normalized spacial score (nSPS) is 11.1. The van der Waals surface area contributed by atoms with Gasteiger partial charge in [0.25, 0.3) is 5.69 Å².